The molecule has 232 valence electrons. The van der Waals surface area contributed by atoms with E-state index in [-0.39, 0.29) is 12.0 Å². The third-order valence-corrected chi connectivity index (χ3v) is 8.41. The van der Waals surface area contributed by atoms with E-state index >= 15 is 0 Å². The Morgan fingerprint density at radius 2 is 1.52 bits per heavy atom. The van der Waals surface area contributed by atoms with E-state index in [0.29, 0.717) is 25.4 Å². The van der Waals surface area contributed by atoms with Crippen molar-refractivity contribution in [3.05, 3.63) is 99.8 Å². The second-order valence-corrected chi connectivity index (χ2v) is 12.2. The van der Waals surface area contributed by atoms with Gasteiger partial charge >= 0.3 is 5.97 Å². The number of hydrogen-bond acceptors (Lipinski definition) is 8. The molecular formula is C34H40Cl2N6O2. The maximum atomic E-state index is 12.8. The lowest BCUT2D eigenvalue weighted by atomic mass is 9.96. The Hall–Kier alpha value is -3.27. The number of ether oxygens (including phenoxy) is 1. The van der Waals surface area contributed by atoms with Crippen LogP contribution in [0.1, 0.15) is 36.3 Å². The minimum absolute atomic E-state index is 0.0985. The zero-order valence-electron chi connectivity index (χ0n) is 25.5. The first-order valence-electron chi connectivity index (χ1n) is 15.1. The van der Waals surface area contributed by atoms with Gasteiger partial charge in [0, 0.05) is 48.2 Å². The van der Waals surface area contributed by atoms with Crippen molar-refractivity contribution in [3.63, 3.8) is 0 Å². The van der Waals surface area contributed by atoms with Crippen molar-refractivity contribution in [1.82, 2.24) is 24.7 Å². The summed E-state index contributed by atoms with van der Waals surface area (Å²) in [4.78, 5) is 29.7. The molecule has 0 saturated carbocycles. The molecule has 1 N–H and O–H groups in total. The van der Waals surface area contributed by atoms with Crippen molar-refractivity contribution >= 4 is 45.9 Å². The molecule has 0 spiro atoms. The molecule has 1 aliphatic rings. The van der Waals surface area contributed by atoms with E-state index < -0.39 is 6.04 Å². The fourth-order valence-electron chi connectivity index (χ4n) is 5.63. The fourth-order valence-corrected chi connectivity index (χ4v) is 5.89. The van der Waals surface area contributed by atoms with Crippen LogP contribution in [0.25, 0.3) is 10.9 Å². The lowest BCUT2D eigenvalue weighted by Crippen LogP contribution is -2.47. The van der Waals surface area contributed by atoms with Gasteiger partial charge in [-0.05, 0) is 75.0 Å². The predicted octanol–water partition coefficient (Wildman–Crippen LogP) is 6.14. The number of carbonyl (C=O) groups excluding carboxylic acids is 1. The summed E-state index contributed by atoms with van der Waals surface area (Å²) < 4.78 is 5.39. The summed E-state index contributed by atoms with van der Waals surface area (Å²) in [6.45, 7) is 7.00. The third kappa shape index (κ3) is 8.25. The van der Waals surface area contributed by atoms with Crippen LogP contribution >= 0.6 is 23.2 Å². The summed E-state index contributed by atoms with van der Waals surface area (Å²) in [6, 6.07) is 23.7. The van der Waals surface area contributed by atoms with Crippen LogP contribution in [-0.4, -0.2) is 90.1 Å². The van der Waals surface area contributed by atoms with Gasteiger partial charge in [-0.3, -0.25) is 9.80 Å². The number of nitrogens with one attached hydrogen (secondary N) is 1. The van der Waals surface area contributed by atoms with Crippen LogP contribution in [-0.2, 0) is 16.1 Å². The molecule has 0 radical (unpaired) electrons. The van der Waals surface area contributed by atoms with Gasteiger partial charge in [-0.15, -0.1) is 0 Å². The van der Waals surface area contributed by atoms with E-state index in [1.807, 2.05) is 69.6 Å². The maximum absolute atomic E-state index is 12.8. The molecule has 44 heavy (non-hydrogen) atoms. The summed E-state index contributed by atoms with van der Waals surface area (Å²) in [5.74, 6) is 1.11. The van der Waals surface area contributed by atoms with Crippen LogP contribution in [0.4, 0.5) is 5.82 Å². The molecule has 2 heterocycles. The van der Waals surface area contributed by atoms with Crippen LogP contribution in [0.2, 0.25) is 10.0 Å². The minimum Gasteiger partial charge on any atom is -0.464 e. The Morgan fingerprint density at radius 3 is 2.11 bits per heavy atom. The topological polar surface area (TPSA) is 73.8 Å². The predicted molar refractivity (Wildman–Crippen MR) is 178 cm³/mol. The minimum atomic E-state index is -0.510. The van der Waals surface area contributed by atoms with Gasteiger partial charge in [-0.25, -0.2) is 14.8 Å². The molecule has 3 aromatic carbocycles. The molecule has 0 aliphatic carbocycles. The fraction of sp³-hybridized carbons (Fsp3) is 0.382. The van der Waals surface area contributed by atoms with E-state index in [2.05, 4.69) is 44.3 Å². The lowest BCUT2D eigenvalue weighted by Gasteiger charge is -2.39. The van der Waals surface area contributed by atoms with E-state index in [1.54, 1.807) is 0 Å². The van der Waals surface area contributed by atoms with E-state index in [0.717, 1.165) is 59.5 Å². The average Bonchev–Trinajstić information content (AvgIpc) is 3.02. The molecule has 1 unspecified atom stereocenters. The zero-order chi connectivity index (χ0) is 31.1. The molecule has 0 bridgehead atoms. The van der Waals surface area contributed by atoms with Crippen LogP contribution < -0.4 is 5.32 Å². The molecule has 1 saturated heterocycles. The number of fused-ring (bicyclic) bond motifs is 1. The molecule has 8 nitrogen and oxygen atoms in total. The van der Waals surface area contributed by atoms with Crippen LogP contribution in [0.5, 0.6) is 0 Å². The molecule has 1 atom stereocenters. The van der Waals surface area contributed by atoms with Gasteiger partial charge in [0.2, 0.25) is 0 Å². The molecule has 4 aromatic rings. The van der Waals surface area contributed by atoms with Gasteiger partial charge in [-0.2, -0.15) is 0 Å². The largest absolute Gasteiger partial charge is 0.464 e. The molecule has 0 amide bonds. The summed E-state index contributed by atoms with van der Waals surface area (Å²) >= 11 is 12.4. The zero-order valence-corrected chi connectivity index (χ0v) is 27.1. The SMILES string of the molecule is CCOC(=O)C(CCN(C)C)Nc1nc(CN2CCN(C(c3ccc(Cl)cc3)c3ccc(Cl)cc3)CC2)nc2ccccc12. The number of carbonyl (C=O) groups is 1. The molecule has 5 rings (SSSR count). The third-order valence-electron chi connectivity index (χ3n) is 7.91. The van der Waals surface area contributed by atoms with Gasteiger partial charge in [-0.1, -0.05) is 59.6 Å². The number of hydrogen-bond donors (Lipinski definition) is 1. The molecule has 1 fully saturated rings. The highest BCUT2D eigenvalue weighted by atomic mass is 35.5. The highest BCUT2D eigenvalue weighted by Gasteiger charge is 2.28. The number of rotatable bonds is 12. The number of piperazine rings is 1. The van der Waals surface area contributed by atoms with Gasteiger partial charge in [0.15, 0.2) is 0 Å². The molecular weight excluding hydrogens is 595 g/mol. The van der Waals surface area contributed by atoms with E-state index in [9.17, 15) is 4.79 Å². The van der Waals surface area contributed by atoms with Crippen molar-refractivity contribution in [2.45, 2.75) is 32.0 Å². The number of benzene rings is 3. The first kappa shape index (κ1) is 32.1. The van der Waals surface area contributed by atoms with Crippen molar-refractivity contribution in [1.29, 1.82) is 0 Å². The molecule has 1 aliphatic heterocycles. The van der Waals surface area contributed by atoms with Crippen LogP contribution in [0.15, 0.2) is 72.8 Å². The number of anilines is 1. The Morgan fingerprint density at radius 1 is 0.909 bits per heavy atom. The number of para-hydroxylation sites is 1. The van der Waals surface area contributed by atoms with E-state index in [4.69, 9.17) is 37.9 Å². The van der Waals surface area contributed by atoms with Crippen LogP contribution in [0.3, 0.4) is 0 Å². The second kappa shape index (κ2) is 15.1. The Kier molecular flexibility index (Phi) is 11.1. The van der Waals surface area contributed by atoms with E-state index in [1.165, 1.54) is 11.1 Å². The smallest absolute Gasteiger partial charge is 0.328 e. The number of aromatic nitrogens is 2. The highest BCUT2D eigenvalue weighted by molar-refractivity contribution is 6.30. The first-order chi connectivity index (χ1) is 21.3. The maximum Gasteiger partial charge on any atom is 0.328 e. The monoisotopic (exact) mass is 634 g/mol. The summed E-state index contributed by atoms with van der Waals surface area (Å²) in [6.07, 6.45) is 0.601. The summed E-state index contributed by atoms with van der Waals surface area (Å²) in [5.41, 5.74) is 3.24. The highest BCUT2D eigenvalue weighted by Crippen LogP contribution is 2.31. The van der Waals surface area contributed by atoms with Gasteiger partial charge in [0.1, 0.15) is 17.7 Å². The Bertz CT molecular complexity index is 1480. The first-order valence-corrected chi connectivity index (χ1v) is 15.9. The average molecular weight is 636 g/mol. The van der Waals surface area contributed by atoms with Crippen molar-refractivity contribution < 1.29 is 9.53 Å². The standard InChI is InChI=1S/C34H40Cl2N6O2/c1-4-44-34(43)30(17-18-40(2)3)38-33-28-7-5-6-8-29(28)37-31(39-33)23-41-19-21-42(22-20-41)32(24-9-13-26(35)14-10-24)25-11-15-27(36)16-12-25/h5-16,30,32H,4,17-23H2,1-3H3,(H,37,38,39). The van der Waals surface area contributed by atoms with Crippen molar-refractivity contribution in [2.75, 3.05) is 58.7 Å². The van der Waals surface area contributed by atoms with Gasteiger partial charge < -0.3 is 15.0 Å². The second-order valence-electron chi connectivity index (χ2n) is 11.4. The Labute approximate surface area is 269 Å². The molecule has 1 aromatic heterocycles. The summed E-state index contributed by atoms with van der Waals surface area (Å²) in [7, 11) is 3.99. The Balaban J connectivity index is 1.33. The van der Waals surface area contributed by atoms with Gasteiger partial charge in [0.25, 0.3) is 0 Å². The quantitative estimate of drug-likeness (QED) is 0.186. The number of nitrogens with zero attached hydrogens (tertiary/aromatic N) is 5. The molecule has 10 heteroatoms. The van der Waals surface area contributed by atoms with Crippen LogP contribution in [0, 0.1) is 0 Å². The van der Waals surface area contributed by atoms with Gasteiger partial charge in [0.05, 0.1) is 24.7 Å². The lowest BCUT2D eigenvalue weighted by molar-refractivity contribution is -0.144. The van der Waals surface area contributed by atoms with Crippen molar-refractivity contribution in [2.24, 2.45) is 0 Å². The summed E-state index contributed by atoms with van der Waals surface area (Å²) in [5, 5.41) is 5.74. The van der Waals surface area contributed by atoms with Crippen molar-refractivity contribution in [3.8, 4) is 0 Å². The normalized spacial score (nSPS) is 15.2. The number of halogens is 2. The number of esters is 1.